The van der Waals surface area contributed by atoms with Crippen LogP contribution in [0.5, 0.6) is 0 Å². The fourth-order valence-electron chi connectivity index (χ4n) is 3.07. The van der Waals surface area contributed by atoms with Gasteiger partial charge in [0, 0.05) is 5.02 Å². The molecule has 1 unspecified atom stereocenters. The second kappa shape index (κ2) is 11.1. The normalized spacial score (nSPS) is 11.3. The smallest absolute Gasteiger partial charge is 0.310 e. The van der Waals surface area contributed by atoms with Crippen molar-refractivity contribution in [3.05, 3.63) is 101 Å². The number of hydrogen-bond acceptors (Lipinski definition) is 4. The second-order valence-corrected chi connectivity index (χ2v) is 7.54. The standard InChI is InChI=1S/C25H23ClN2O4/c1-17(18-9-3-2-4-10-18)27-25(31)20-12-6-8-14-22(20)28-23(29)16-32-24(30)15-19-11-5-7-13-21(19)26/h2-14,17H,15-16H2,1H3,(H,27,31)(H,28,29). The summed E-state index contributed by atoms with van der Waals surface area (Å²) < 4.78 is 5.05. The van der Waals surface area contributed by atoms with Crippen molar-refractivity contribution in [3.8, 4) is 0 Å². The number of esters is 1. The van der Waals surface area contributed by atoms with Gasteiger partial charge in [-0.3, -0.25) is 14.4 Å². The summed E-state index contributed by atoms with van der Waals surface area (Å²) in [5.74, 6) is -1.45. The highest BCUT2D eigenvalue weighted by Gasteiger charge is 2.17. The zero-order chi connectivity index (χ0) is 22.9. The van der Waals surface area contributed by atoms with Gasteiger partial charge in [0.15, 0.2) is 6.61 Å². The Kier molecular flexibility index (Phi) is 8.00. The first-order chi connectivity index (χ1) is 15.4. The van der Waals surface area contributed by atoms with Gasteiger partial charge in [-0.2, -0.15) is 0 Å². The Hall–Kier alpha value is -3.64. The summed E-state index contributed by atoms with van der Waals surface area (Å²) in [6.07, 6.45) is -0.0384. The molecule has 0 aliphatic heterocycles. The van der Waals surface area contributed by atoms with Crippen LogP contribution in [0.15, 0.2) is 78.9 Å². The third-order valence-corrected chi connectivity index (χ3v) is 5.12. The fraction of sp³-hybridized carbons (Fsp3) is 0.160. The highest BCUT2D eigenvalue weighted by Crippen LogP contribution is 2.18. The maximum atomic E-state index is 12.8. The van der Waals surface area contributed by atoms with E-state index < -0.39 is 18.5 Å². The summed E-state index contributed by atoms with van der Waals surface area (Å²) in [6, 6.07) is 22.9. The van der Waals surface area contributed by atoms with Crippen LogP contribution in [0.3, 0.4) is 0 Å². The van der Waals surface area contributed by atoms with Crippen molar-refractivity contribution in [2.24, 2.45) is 0 Å². The van der Waals surface area contributed by atoms with Crippen LogP contribution in [0, 0.1) is 0 Å². The lowest BCUT2D eigenvalue weighted by Crippen LogP contribution is -2.28. The number of halogens is 1. The molecule has 6 nitrogen and oxygen atoms in total. The maximum absolute atomic E-state index is 12.8. The lowest BCUT2D eigenvalue weighted by atomic mass is 10.1. The number of ether oxygens (including phenoxy) is 1. The maximum Gasteiger partial charge on any atom is 0.310 e. The van der Waals surface area contributed by atoms with Crippen LogP contribution in [-0.4, -0.2) is 24.4 Å². The van der Waals surface area contributed by atoms with Crippen LogP contribution in [0.2, 0.25) is 5.02 Å². The average Bonchev–Trinajstić information content (AvgIpc) is 2.80. The summed E-state index contributed by atoms with van der Waals surface area (Å²) in [5.41, 5.74) is 2.23. The van der Waals surface area contributed by atoms with Gasteiger partial charge in [0.2, 0.25) is 0 Å². The zero-order valence-corrected chi connectivity index (χ0v) is 18.3. The number of para-hydroxylation sites is 1. The highest BCUT2D eigenvalue weighted by molar-refractivity contribution is 6.31. The van der Waals surface area contributed by atoms with Gasteiger partial charge in [0.1, 0.15) is 0 Å². The molecule has 0 bridgehead atoms. The minimum Gasteiger partial charge on any atom is -0.455 e. The summed E-state index contributed by atoms with van der Waals surface area (Å²) in [4.78, 5) is 37.1. The molecule has 1 atom stereocenters. The van der Waals surface area contributed by atoms with E-state index in [1.54, 1.807) is 48.5 Å². The minimum absolute atomic E-state index is 0.0384. The lowest BCUT2D eigenvalue weighted by molar-refractivity contribution is -0.146. The predicted octanol–water partition coefficient (Wildman–Crippen LogP) is 4.56. The van der Waals surface area contributed by atoms with E-state index in [1.807, 2.05) is 37.3 Å². The van der Waals surface area contributed by atoms with E-state index in [0.717, 1.165) is 5.56 Å². The van der Waals surface area contributed by atoms with Gasteiger partial charge in [0.25, 0.3) is 11.8 Å². The zero-order valence-electron chi connectivity index (χ0n) is 17.5. The fourth-order valence-corrected chi connectivity index (χ4v) is 3.27. The molecule has 2 amide bonds. The Balaban J connectivity index is 1.57. The second-order valence-electron chi connectivity index (χ2n) is 7.13. The number of amides is 2. The molecule has 2 N–H and O–H groups in total. The number of benzene rings is 3. The molecule has 3 aromatic carbocycles. The van der Waals surface area contributed by atoms with E-state index in [9.17, 15) is 14.4 Å². The van der Waals surface area contributed by atoms with Gasteiger partial charge in [-0.1, -0.05) is 72.3 Å². The van der Waals surface area contributed by atoms with Crippen LogP contribution in [0.1, 0.15) is 34.5 Å². The molecule has 3 aromatic rings. The van der Waals surface area contributed by atoms with Crippen molar-refractivity contribution in [1.82, 2.24) is 5.32 Å². The minimum atomic E-state index is -0.573. The van der Waals surface area contributed by atoms with E-state index in [1.165, 1.54) is 0 Å². The lowest BCUT2D eigenvalue weighted by Gasteiger charge is -2.16. The third-order valence-electron chi connectivity index (χ3n) is 4.75. The van der Waals surface area contributed by atoms with Gasteiger partial charge >= 0.3 is 5.97 Å². The summed E-state index contributed by atoms with van der Waals surface area (Å²) in [7, 11) is 0. The topological polar surface area (TPSA) is 84.5 Å². The van der Waals surface area contributed by atoms with Crippen LogP contribution in [0.25, 0.3) is 0 Å². The molecule has 0 heterocycles. The summed E-state index contributed by atoms with van der Waals surface area (Å²) >= 11 is 6.04. The van der Waals surface area contributed by atoms with E-state index in [-0.39, 0.29) is 18.4 Å². The molecule has 0 aliphatic carbocycles. The Morgan fingerprint density at radius 3 is 2.31 bits per heavy atom. The Morgan fingerprint density at radius 2 is 1.56 bits per heavy atom. The van der Waals surface area contributed by atoms with Crippen molar-refractivity contribution in [2.75, 3.05) is 11.9 Å². The monoisotopic (exact) mass is 450 g/mol. The number of nitrogens with one attached hydrogen (secondary N) is 2. The first-order valence-electron chi connectivity index (χ1n) is 10.1. The molecule has 0 aromatic heterocycles. The number of rotatable bonds is 8. The van der Waals surface area contributed by atoms with E-state index in [2.05, 4.69) is 10.6 Å². The largest absolute Gasteiger partial charge is 0.455 e. The summed E-state index contributed by atoms with van der Waals surface area (Å²) in [5, 5.41) is 6.01. The quantitative estimate of drug-likeness (QED) is 0.493. The number of carbonyl (C=O) groups is 3. The molecule has 0 saturated carbocycles. The number of carbonyl (C=O) groups excluding carboxylic acids is 3. The molecule has 0 saturated heterocycles. The Labute approximate surface area is 191 Å². The van der Waals surface area contributed by atoms with Crippen LogP contribution < -0.4 is 10.6 Å². The van der Waals surface area contributed by atoms with Crippen LogP contribution in [0.4, 0.5) is 5.69 Å². The number of anilines is 1. The van der Waals surface area contributed by atoms with Crippen molar-refractivity contribution in [2.45, 2.75) is 19.4 Å². The molecule has 0 aliphatic rings. The van der Waals surface area contributed by atoms with Crippen LogP contribution in [-0.2, 0) is 20.7 Å². The molecular formula is C25H23ClN2O4. The first-order valence-corrected chi connectivity index (χ1v) is 10.5. The Morgan fingerprint density at radius 1 is 0.906 bits per heavy atom. The Bertz CT molecular complexity index is 1100. The SMILES string of the molecule is CC(NC(=O)c1ccccc1NC(=O)COC(=O)Cc1ccccc1Cl)c1ccccc1. The van der Waals surface area contributed by atoms with Crippen molar-refractivity contribution in [3.63, 3.8) is 0 Å². The molecular weight excluding hydrogens is 428 g/mol. The van der Waals surface area contributed by atoms with Gasteiger partial charge in [-0.15, -0.1) is 0 Å². The van der Waals surface area contributed by atoms with Gasteiger partial charge in [-0.25, -0.2) is 0 Å². The molecule has 0 spiro atoms. The molecule has 7 heteroatoms. The molecule has 32 heavy (non-hydrogen) atoms. The molecule has 3 rings (SSSR count). The summed E-state index contributed by atoms with van der Waals surface area (Å²) in [6.45, 7) is 1.41. The van der Waals surface area contributed by atoms with E-state index in [4.69, 9.17) is 16.3 Å². The molecule has 0 radical (unpaired) electrons. The average molecular weight is 451 g/mol. The van der Waals surface area contributed by atoms with Crippen molar-refractivity contribution >= 4 is 35.1 Å². The molecule has 164 valence electrons. The van der Waals surface area contributed by atoms with Gasteiger partial charge in [-0.05, 0) is 36.2 Å². The third kappa shape index (κ3) is 6.43. The van der Waals surface area contributed by atoms with Gasteiger partial charge in [0.05, 0.1) is 23.7 Å². The van der Waals surface area contributed by atoms with E-state index in [0.29, 0.717) is 21.8 Å². The van der Waals surface area contributed by atoms with Crippen molar-refractivity contribution in [1.29, 1.82) is 0 Å². The van der Waals surface area contributed by atoms with Gasteiger partial charge < -0.3 is 15.4 Å². The molecule has 0 fully saturated rings. The van der Waals surface area contributed by atoms with Crippen LogP contribution >= 0.6 is 11.6 Å². The van der Waals surface area contributed by atoms with Crippen molar-refractivity contribution < 1.29 is 19.1 Å². The predicted molar refractivity (Wildman–Crippen MR) is 124 cm³/mol. The van der Waals surface area contributed by atoms with E-state index >= 15 is 0 Å². The highest BCUT2D eigenvalue weighted by atomic mass is 35.5. The number of hydrogen-bond donors (Lipinski definition) is 2. The first kappa shape index (κ1) is 23.0.